The van der Waals surface area contributed by atoms with Crippen molar-refractivity contribution in [1.82, 2.24) is 15.5 Å². The van der Waals surface area contributed by atoms with E-state index in [4.69, 9.17) is 0 Å². The Labute approximate surface area is 117 Å². The van der Waals surface area contributed by atoms with Gasteiger partial charge in [-0.3, -0.25) is 9.69 Å². The Morgan fingerprint density at radius 1 is 1.35 bits per heavy atom. The maximum atomic E-state index is 11.7. The fraction of sp³-hybridized carbons (Fsp3) is 0.909. The fourth-order valence-electron chi connectivity index (χ4n) is 1.90. The van der Waals surface area contributed by atoms with Crippen molar-refractivity contribution in [3.63, 3.8) is 0 Å². The van der Waals surface area contributed by atoms with Gasteiger partial charge in [-0.1, -0.05) is 13.8 Å². The van der Waals surface area contributed by atoms with E-state index in [9.17, 15) is 4.79 Å². The van der Waals surface area contributed by atoms with Crippen molar-refractivity contribution in [3.8, 4) is 0 Å². The molecule has 0 bridgehead atoms. The van der Waals surface area contributed by atoms with E-state index in [-0.39, 0.29) is 30.7 Å². The van der Waals surface area contributed by atoms with E-state index in [0.29, 0.717) is 12.6 Å². The molecular weight excluding hydrogens is 261 g/mol. The van der Waals surface area contributed by atoms with Gasteiger partial charge in [0.2, 0.25) is 5.91 Å². The van der Waals surface area contributed by atoms with Gasteiger partial charge < -0.3 is 10.6 Å². The molecule has 1 aliphatic heterocycles. The maximum absolute atomic E-state index is 11.7. The summed E-state index contributed by atoms with van der Waals surface area (Å²) in [5.74, 6) is 0.160. The smallest absolute Gasteiger partial charge is 0.234 e. The van der Waals surface area contributed by atoms with Crippen LogP contribution < -0.4 is 10.6 Å². The van der Waals surface area contributed by atoms with Crippen molar-refractivity contribution >= 4 is 30.7 Å². The van der Waals surface area contributed by atoms with Gasteiger partial charge >= 0.3 is 0 Å². The average Bonchev–Trinajstić information content (AvgIpc) is 2.27. The minimum Gasteiger partial charge on any atom is -0.351 e. The zero-order valence-corrected chi connectivity index (χ0v) is 12.3. The summed E-state index contributed by atoms with van der Waals surface area (Å²) >= 11 is 0. The number of hydrogen-bond donors (Lipinski definition) is 2. The van der Waals surface area contributed by atoms with Crippen LogP contribution in [0.3, 0.4) is 0 Å². The van der Waals surface area contributed by atoms with E-state index < -0.39 is 0 Å². The first-order valence-electron chi connectivity index (χ1n) is 5.98. The van der Waals surface area contributed by atoms with E-state index in [1.54, 1.807) is 0 Å². The molecule has 104 valence electrons. The molecular formula is C11H25Cl2N3O. The van der Waals surface area contributed by atoms with Gasteiger partial charge in [-0.2, -0.15) is 0 Å². The molecule has 0 saturated carbocycles. The van der Waals surface area contributed by atoms with Crippen LogP contribution in [-0.2, 0) is 4.79 Å². The summed E-state index contributed by atoms with van der Waals surface area (Å²) in [6.07, 6.45) is 2.27. The summed E-state index contributed by atoms with van der Waals surface area (Å²) < 4.78 is 0. The number of hydrogen-bond acceptors (Lipinski definition) is 3. The summed E-state index contributed by atoms with van der Waals surface area (Å²) in [6.45, 7) is 8.58. The van der Waals surface area contributed by atoms with E-state index >= 15 is 0 Å². The molecule has 1 heterocycles. The first-order valence-corrected chi connectivity index (χ1v) is 5.98. The van der Waals surface area contributed by atoms with Crippen molar-refractivity contribution in [2.45, 2.75) is 32.7 Å². The number of piperidine rings is 1. The summed E-state index contributed by atoms with van der Waals surface area (Å²) in [5.41, 5.74) is 0. The second-order valence-corrected chi connectivity index (χ2v) is 4.07. The molecule has 0 aromatic rings. The van der Waals surface area contributed by atoms with Gasteiger partial charge in [0.15, 0.2) is 0 Å². The number of nitrogens with one attached hydrogen (secondary N) is 2. The van der Waals surface area contributed by atoms with Crippen LogP contribution in [0.2, 0.25) is 0 Å². The van der Waals surface area contributed by atoms with Crippen LogP contribution in [0.15, 0.2) is 0 Å². The van der Waals surface area contributed by atoms with Gasteiger partial charge in [0.1, 0.15) is 0 Å². The number of amides is 1. The van der Waals surface area contributed by atoms with Crippen LogP contribution in [0.1, 0.15) is 26.7 Å². The van der Waals surface area contributed by atoms with Crippen LogP contribution in [0, 0.1) is 0 Å². The molecule has 1 amide bonds. The third kappa shape index (κ3) is 7.82. The lowest BCUT2D eigenvalue weighted by atomic mass is 10.1. The zero-order valence-electron chi connectivity index (χ0n) is 10.7. The lowest BCUT2D eigenvalue weighted by molar-refractivity contribution is -0.123. The van der Waals surface area contributed by atoms with E-state index in [1.165, 1.54) is 0 Å². The monoisotopic (exact) mass is 285 g/mol. The third-order valence-corrected chi connectivity index (χ3v) is 2.92. The highest BCUT2D eigenvalue weighted by molar-refractivity contribution is 5.85. The van der Waals surface area contributed by atoms with Gasteiger partial charge in [0, 0.05) is 12.6 Å². The van der Waals surface area contributed by atoms with Gasteiger partial charge in [-0.05, 0) is 32.5 Å². The Morgan fingerprint density at radius 3 is 2.47 bits per heavy atom. The highest BCUT2D eigenvalue weighted by Crippen LogP contribution is 2.01. The van der Waals surface area contributed by atoms with Crippen LogP contribution in [-0.4, -0.2) is 49.6 Å². The molecule has 0 aromatic heterocycles. The molecule has 1 atom stereocenters. The van der Waals surface area contributed by atoms with Gasteiger partial charge in [0.25, 0.3) is 0 Å². The average molecular weight is 286 g/mol. The second-order valence-electron chi connectivity index (χ2n) is 4.07. The molecule has 6 heteroatoms. The molecule has 0 aromatic carbocycles. The van der Waals surface area contributed by atoms with Gasteiger partial charge in [-0.25, -0.2) is 0 Å². The normalized spacial score (nSPS) is 19.1. The predicted octanol–water partition coefficient (Wildman–Crippen LogP) is 1.04. The maximum Gasteiger partial charge on any atom is 0.234 e. The third-order valence-electron chi connectivity index (χ3n) is 2.92. The molecule has 1 rings (SSSR count). The van der Waals surface area contributed by atoms with E-state index in [2.05, 4.69) is 29.4 Å². The second kappa shape index (κ2) is 11.1. The molecule has 2 N–H and O–H groups in total. The van der Waals surface area contributed by atoms with Crippen molar-refractivity contribution in [2.75, 3.05) is 32.7 Å². The number of likely N-dealkylation sites (N-methyl/N-ethyl adjacent to an activating group) is 1. The van der Waals surface area contributed by atoms with Crippen molar-refractivity contribution in [2.24, 2.45) is 0 Å². The predicted molar refractivity (Wildman–Crippen MR) is 76.3 cm³/mol. The summed E-state index contributed by atoms with van der Waals surface area (Å²) in [4.78, 5) is 13.8. The van der Waals surface area contributed by atoms with Crippen molar-refractivity contribution in [3.05, 3.63) is 0 Å². The minimum absolute atomic E-state index is 0. The van der Waals surface area contributed by atoms with Crippen molar-refractivity contribution < 1.29 is 4.79 Å². The van der Waals surface area contributed by atoms with Gasteiger partial charge in [-0.15, -0.1) is 24.8 Å². The minimum atomic E-state index is 0. The molecule has 1 aliphatic rings. The lowest BCUT2D eigenvalue weighted by Gasteiger charge is -2.25. The first-order chi connectivity index (χ1) is 7.26. The molecule has 0 radical (unpaired) electrons. The Morgan fingerprint density at radius 2 is 2.00 bits per heavy atom. The molecule has 0 unspecified atom stereocenters. The first kappa shape index (κ1) is 19.3. The molecule has 0 aliphatic carbocycles. The standard InChI is InChI=1S/C11H23N3O.2ClH/c1-3-14(4-2)9-11(15)13-10-6-5-7-12-8-10;;/h10,12H,3-9H2,1-2H3,(H,13,15);2*1H/t10-;;/m0../s1. The van der Waals surface area contributed by atoms with Crippen molar-refractivity contribution in [1.29, 1.82) is 0 Å². The lowest BCUT2D eigenvalue weighted by Crippen LogP contribution is -2.48. The number of halogens is 2. The Hall–Kier alpha value is -0.0300. The highest BCUT2D eigenvalue weighted by atomic mass is 35.5. The summed E-state index contributed by atoms with van der Waals surface area (Å²) in [7, 11) is 0. The molecule has 0 spiro atoms. The van der Waals surface area contributed by atoms with Gasteiger partial charge in [0.05, 0.1) is 6.54 Å². The number of rotatable bonds is 5. The van der Waals surface area contributed by atoms with E-state index in [0.717, 1.165) is 39.0 Å². The van der Waals surface area contributed by atoms with Crippen LogP contribution in [0.5, 0.6) is 0 Å². The number of carbonyl (C=O) groups is 1. The summed E-state index contributed by atoms with van der Waals surface area (Å²) in [5, 5.41) is 6.37. The topological polar surface area (TPSA) is 44.4 Å². The quantitative estimate of drug-likeness (QED) is 0.794. The molecule has 17 heavy (non-hydrogen) atoms. The summed E-state index contributed by atoms with van der Waals surface area (Å²) in [6, 6.07) is 0.335. The fourth-order valence-corrected chi connectivity index (χ4v) is 1.90. The number of carbonyl (C=O) groups excluding carboxylic acids is 1. The molecule has 4 nitrogen and oxygen atoms in total. The molecule has 1 fully saturated rings. The SMILES string of the molecule is CCN(CC)CC(=O)N[C@H]1CCCNC1.Cl.Cl. The highest BCUT2D eigenvalue weighted by Gasteiger charge is 2.16. The Balaban J connectivity index is 0. The van der Waals surface area contributed by atoms with Crippen LogP contribution >= 0.6 is 24.8 Å². The van der Waals surface area contributed by atoms with E-state index in [1.807, 2.05) is 0 Å². The molecule has 1 saturated heterocycles. The number of nitrogens with zero attached hydrogens (tertiary/aromatic N) is 1. The van der Waals surface area contributed by atoms with Crippen LogP contribution in [0.4, 0.5) is 0 Å². The van der Waals surface area contributed by atoms with Crippen LogP contribution in [0.25, 0.3) is 0 Å². The zero-order chi connectivity index (χ0) is 11.1. The Bertz CT molecular complexity index is 195. The largest absolute Gasteiger partial charge is 0.351 e. The Kier molecular flexibility index (Phi) is 12.6.